The highest BCUT2D eigenvalue weighted by molar-refractivity contribution is 6.23. The van der Waals surface area contributed by atoms with Crippen molar-refractivity contribution in [3.63, 3.8) is 0 Å². The maximum absolute atomic E-state index is 6.87. The molecule has 0 N–H and O–H groups in total. The summed E-state index contributed by atoms with van der Waals surface area (Å²) in [4.78, 5) is 2.39. The van der Waals surface area contributed by atoms with Crippen molar-refractivity contribution in [2.24, 2.45) is 0 Å². The molecule has 0 spiro atoms. The van der Waals surface area contributed by atoms with E-state index in [1.54, 1.807) is 0 Å². The summed E-state index contributed by atoms with van der Waals surface area (Å²) in [6.45, 7) is 0. The molecule has 2 aromatic heterocycles. The zero-order chi connectivity index (χ0) is 36.3. The molecule has 55 heavy (non-hydrogen) atoms. The molecule has 0 saturated heterocycles. The lowest BCUT2D eigenvalue weighted by Gasteiger charge is -2.29. The van der Waals surface area contributed by atoms with Gasteiger partial charge in [0.05, 0.1) is 16.8 Å². The molecular formula is C52H33NO2. The second-order valence-corrected chi connectivity index (χ2v) is 14.0. The monoisotopic (exact) mass is 703 g/mol. The van der Waals surface area contributed by atoms with Gasteiger partial charge in [-0.1, -0.05) is 152 Å². The third-order valence-corrected chi connectivity index (χ3v) is 10.9. The van der Waals surface area contributed by atoms with Crippen LogP contribution in [0.3, 0.4) is 0 Å². The number of fused-ring (bicyclic) bond motifs is 8. The average molecular weight is 704 g/mol. The Morgan fingerprint density at radius 1 is 0.345 bits per heavy atom. The van der Waals surface area contributed by atoms with E-state index in [1.165, 1.54) is 11.1 Å². The van der Waals surface area contributed by atoms with E-state index in [2.05, 4.69) is 193 Å². The van der Waals surface area contributed by atoms with Gasteiger partial charge >= 0.3 is 0 Å². The van der Waals surface area contributed by atoms with E-state index in [-0.39, 0.29) is 0 Å². The summed E-state index contributed by atoms with van der Waals surface area (Å²) in [5, 5.41) is 6.51. The maximum Gasteiger partial charge on any atom is 0.159 e. The van der Waals surface area contributed by atoms with Crippen molar-refractivity contribution in [3.05, 3.63) is 200 Å². The highest BCUT2D eigenvalue weighted by Gasteiger charge is 2.27. The van der Waals surface area contributed by atoms with Crippen molar-refractivity contribution in [2.75, 3.05) is 4.90 Å². The molecule has 3 nitrogen and oxygen atoms in total. The fourth-order valence-corrected chi connectivity index (χ4v) is 8.27. The first kappa shape index (κ1) is 31.2. The minimum Gasteiger partial charge on any atom is -0.455 e. The van der Waals surface area contributed by atoms with Crippen molar-refractivity contribution in [2.45, 2.75) is 0 Å². The van der Waals surface area contributed by atoms with Crippen LogP contribution in [0.2, 0.25) is 0 Å². The maximum atomic E-state index is 6.87. The largest absolute Gasteiger partial charge is 0.455 e. The van der Waals surface area contributed by atoms with Crippen LogP contribution in [0.4, 0.5) is 17.1 Å². The lowest BCUT2D eigenvalue weighted by Crippen LogP contribution is -2.12. The van der Waals surface area contributed by atoms with E-state index >= 15 is 0 Å². The SMILES string of the molecule is c1ccc(-c2ccc(N(c3cccc4c3oc3ccccc34)c3c(-c4cccc(-c5ccccc5)c4)ccc4oc5c6ccccc6ccc5c34)cc2)cc1. The summed E-state index contributed by atoms with van der Waals surface area (Å²) in [7, 11) is 0. The molecule has 0 saturated carbocycles. The van der Waals surface area contributed by atoms with Gasteiger partial charge in [0, 0.05) is 32.8 Å². The van der Waals surface area contributed by atoms with Crippen LogP contribution in [0.25, 0.3) is 88.0 Å². The van der Waals surface area contributed by atoms with Crippen LogP contribution in [0.15, 0.2) is 209 Å². The molecule has 0 bridgehead atoms. The molecule has 0 aliphatic rings. The summed E-state index contributed by atoms with van der Waals surface area (Å²) >= 11 is 0. The molecule has 3 heteroatoms. The van der Waals surface area contributed by atoms with Crippen LogP contribution in [0, 0.1) is 0 Å². The van der Waals surface area contributed by atoms with Gasteiger partial charge in [-0.25, -0.2) is 0 Å². The van der Waals surface area contributed by atoms with Crippen molar-refractivity contribution in [1.29, 1.82) is 0 Å². The van der Waals surface area contributed by atoms with Crippen LogP contribution in [0.1, 0.15) is 0 Å². The smallest absolute Gasteiger partial charge is 0.159 e. The van der Waals surface area contributed by atoms with Gasteiger partial charge in [0.1, 0.15) is 16.7 Å². The molecule has 9 aromatic carbocycles. The molecule has 0 fully saturated rings. The number of hydrogen-bond acceptors (Lipinski definition) is 3. The molecule has 0 radical (unpaired) electrons. The van der Waals surface area contributed by atoms with Crippen LogP contribution in [-0.4, -0.2) is 0 Å². The van der Waals surface area contributed by atoms with E-state index in [9.17, 15) is 0 Å². The third-order valence-electron chi connectivity index (χ3n) is 10.9. The van der Waals surface area contributed by atoms with Gasteiger partial charge in [0.15, 0.2) is 5.58 Å². The Labute approximate surface area is 317 Å². The highest BCUT2D eigenvalue weighted by Crippen LogP contribution is 2.51. The predicted molar refractivity (Wildman–Crippen MR) is 229 cm³/mol. The normalized spacial score (nSPS) is 11.6. The van der Waals surface area contributed by atoms with Gasteiger partial charge < -0.3 is 13.7 Å². The summed E-state index contributed by atoms with van der Waals surface area (Å²) in [6, 6.07) is 70.9. The lowest BCUT2D eigenvalue weighted by molar-refractivity contribution is 0.669. The molecule has 11 aromatic rings. The highest BCUT2D eigenvalue weighted by atomic mass is 16.3. The fourth-order valence-electron chi connectivity index (χ4n) is 8.27. The van der Waals surface area contributed by atoms with Gasteiger partial charge in [0.25, 0.3) is 0 Å². The molecule has 258 valence electrons. The zero-order valence-electron chi connectivity index (χ0n) is 29.8. The first-order chi connectivity index (χ1) is 27.3. The average Bonchev–Trinajstić information content (AvgIpc) is 3.84. The molecular weight excluding hydrogens is 671 g/mol. The second-order valence-electron chi connectivity index (χ2n) is 14.0. The van der Waals surface area contributed by atoms with Gasteiger partial charge in [-0.05, 0) is 81.7 Å². The predicted octanol–water partition coefficient (Wildman–Crippen LogP) is 15.1. The summed E-state index contributed by atoms with van der Waals surface area (Å²) in [5.74, 6) is 0. The molecule has 0 unspecified atom stereocenters. The molecule has 0 atom stereocenters. The molecule has 0 aliphatic carbocycles. The van der Waals surface area contributed by atoms with Crippen LogP contribution < -0.4 is 4.90 Å². The number of nitrogens with zero attached hydrogens (tertiary/aromatic N) is 1. The Hall–Kier alpha value is -7.36. The van der Waals surface area contributed by atoms with E-state index in [0.717, 1.165) is 94.0 Å². The standard InChI is InChI=1S/C52H33NO2/c1-3-13-34(14-4-1)36-25-28-40(29-26-36)53(46-23-12-22-44-43-21-9-10-24-47(43)54-52(44)46)50-41(39-19-11-18-38(33-39)35-15-5-2-6-16-35)31-32-48-49(50)45-30-27-37-17-7-8-20-42(37)51(45)55-48/h1-33H. The van der Waals surface area contributed by atoms with Crippen LogP contribution in [-0.2, 0) is 0 Å². The van der Waals surface area contributed by atoms with Crippen LogP contribution >= 0.6 is 0 Å². The molecule has 0 amide bonds. The first-order valence-electron chi connectivity index (χ1n) is 18.7. The number of para-hydroxylation sites is 2. The van der Waals surface area contributed by atoms with Gasteiger partial charge in [-0.3, -0.25) is 0 Å². The molecule has 0 aliphatic heterocycles. The summed E-state index contributed by atoms with van der Waals surface area (Å²) < 4.78 is 13.7. The van der Waals surface area contributed by atoms with Crippen molar-refractivity contribution >= 4 is 71.7 Å². The van der Waals surface area contributed by atoms with Gasteiger partial charge in [-0.2, -0.15) is 0 Å². The van der Waals surface area contributed by atoms with Crippen molar-refractivity contribution in [1.82, 2.24) is 0 Å². The first-order valence-corrected chi connectivity index (χ1v) is 18.7. The number of hydrogen-bond donors (Lipinski definition) is 0. The Morgan fingerprint density at radius 3 is 1.78 bits per heavy atom. The lowest BCUT2D eigenvalue weighted by atomic mass is 9.94. The number of benzene rings is 9. The fraction of sp³-hybridized carbons (Fsp3) is 0. The van der Waals surface area contributed by atoms with E-state index in [0.29, 0.717) is 0 Å². The van der Waals surface area contributed by atoms with Crippen molar-refractivity contribution in [3.8, 4) is 33.4 Å². The Morgan fingerprint density at radius 2 is 0.964 bits per heavy atom. The quantitative estimate of drug-likeness (QED) is 0.173. The Balaban J connectivity index is 1.26. The second kappa shape index (κ2) is 12.6. The molecule has 11 rings (SSSR count). The minimum atomic E-state index is 0.826. The van der Waals surface area contributed by atoms with E-state index < -0.39 is 0 Å². The molecule has 2 heterocycles. The number of anilines is 3. The topological polar surface area (TPSA) is 29.5 Å². The number of furan rings is 2. The van der Waals surface area contributed by atoms with Gasteiger partial charge in [0.2, 0.25) is 0 Å². The van der Waals surface area contributed by atoms with Crippen LogP contribution in [0.5, 0.6) is 0 Å². The van der Waals surface area contributed by atoms with Crippen molar-refractivity contribution < 1.29 is 8.83 Å². The zero-order valence-corrected chi connectivity index (χ0v) is 29.8. The Bertz CT molecular complexity index is 3190. The Kier molecular flexibility index (Phi) is 7.17. The minimum absolute atomic E-state index is 0.826. The third kappa shape index (κ3) is 5.13. The van der Waals surface area contributed by atoms with Gasteiger partial charge in [-0.15, -0.1) is 0 Å². The van der Waals surface area contributed by atoms with E-state index in [4.69, 9.17) is 8.83 Å². The summed E-state index contributed by atoms with van der Waals surface area (Å²) in [5.41, 5.74) is 13.2. The van der Waals surface area contributed by atoms with E-state index in [1.807, 2.05) is 12.1 Å². The summed E-state index contributed by atoms with van der Waals surface area (Å²) in [6.07, 6.45) is 0. The number of rotatable bonds is 6.